The van der Waals surface area contributed by atoms with E-state index in [1.165, 1.54) is 4.31 Å². The molecule has 1 aromatic heterocycles. The van der Waals surface area contributed by atoms with Crippen LogP contribution in [0.3, 0.4) is 0 Å². The van der Waals surface area contributed by atoms with Gasteiger partial charge < -0.3 is 5.32 Å². The highest BCUT2D eigenvalue weighted by Gasteiger charge is 2.28. The molecular formula is C19H17BrN4O3S. The Morgan fingerprint density at radius 3 is 2.50 bits per heavy atom. The van der Waals surface area contributed by atoms with Crippen molar-refractivity contribution >= 4 is 43.2 Å². The normalized spacial score (nSPS) is 15.5. The summed E-state index contributed by atoms with van der Waals surface area (Å²) in [6, 6.07) is 13.9. The molecule has 0 unspecified atom stereocenters. The number of hydrogen-bond donors (Lipinski definition) is 1. The van der Waals surface area contributed by atoms with Crippen molar-refractivity contribution in [1.29, 1.82) is 0 Å². The van der Waals surface area contributed by atoms with Gasteiger partial charge in [-0.15, -0.1) is 0 Å². The van der Waals surface area contributed by atoms with Crippen LogP contribution in [0.2, 0.25) is 0 Å². The van der Waals surface area contributed by atoms with Gasteiger partial charge in [0.25, 0.3) is 5.91 Å². The molecule has 9 heteroatoms. The molecule has 144 valence electrons. The second-order valence-corrected chi connectivity index (χ2v) is 9.29. The molecule has 1 N–H and O–H groups in total. The third kappa shape index (κ3) is 3.67. The van der Waals surface area contributed by atoms with Gasteiger partial charge in [-0.1, -0.05) is 12.1 Å². The minimum absolute atomic E-state index is 0.162. The van der Waals surface area contributed by atoms with E-state index in [1.807, 2.05) is 18.2 Å². The first kappa shape index (κ1) is 18.7. The average molecular weight is 461 g/mol. The summed E-state index contributed by atoms with van der Waals surface area (Å²) in [6.07, 6.45) is 4.09. The van der Waals surface area contributed by atoms with Gasteiger partial charge in [0.05, 0.1) is 33.5 Å². The molecule has 0 aliphatic carbocycles. The van der Waals surface area contributed by atoms with Crippen molar-refractivity contribution in [3.63, 3.8) is 0 Å². The van der Waals surface area contributed by atoms with Gasteiger partial charge in [-0.3, -0.25) is 9.10 Å². The van der Waals surface area contributed by atoms with Gasteiger partial charge in [-0.25, -0.2) is 13.1 Å². The van der Waals surface area contributed by atoms with E-state index >= 15 is 0 Å². The Labute approximate surface area is 171 Å². The number of halogens is 1. The zero-order valence-corrected chi connectivity index (χ0v) is 17.1. The van der Waals surface area contributed by atoms with E-state index in [4.69, 9.17) is 0 Å². The van der Waals surface area contributed by atoms with Crippen molar-refractivity contribution < 1.29 is 13.2 Å². The monoisotopic (exact) mass is 460 g/mol. The standard InChI is InChI=1S/C19H17BrN4O3S/c20-15-12-21-23(13-15)18-5-2-1-4-17(18)22-19(25)14-6-8-16(9-7-14)24-10-3-11-28(24,26)27/h1-2,4-9,12-13H,3,10-11H2,(H,22,25). The molecule has 2 heterocycles. The van der Waals surface area contributed by atoms with Gasteiger partial charge in [-0.05, 0) is 58.7 Å². The second kappa shape index (κ2) is 7.40. The van der Waals surface area contributed by atoms with E-state index in [0.717, 1.165) is 10.2 Å². The van der Waals surface area contributed by atoms with Crippen LogP contribution in [0.1, 0.15) is 16.8 Å². The molecule has 0 atom stereocenters. The lowest BCUT2D eigenvalue weighted by Gasteiger charge is -2.17. The van der Waals surface area contributed by atoms with Crippen LogP contribution in [-0.4, -0.2) is 36.4 Å². The summed E-state index contributed by atoms with van der Waals surface area (Å²) in [5, 5.41) is 7.14. The SMILES string of the molecule is O=C(Nc1ccccc1-n1cc(Br)cn1)c1ccc(N2CCCS2(=O)=O)cc1. The number of carbonyl (C=O) groups is 1. The lowest BCUT2D eigenvalue weighted by molar-refractivity contribution is 0.102. The first-order chi connectivity index (χ1) is 13.4. The maximum Gasteiger partial charge on any atom is 0.255 e. The summed E-state index contributed by atoms with van der Waals surface area (Å²) in [5.74, 6) is -0.121. The Hall–Kier alpha value is -2.65. The highest BCUT2D eigenvalue weighted by molar-refractivity contribution is 9.10. The summed E-state index contributed by atoms with van der Waals surface area (Å²) in [5.41, 5.74) is 2.38. The van der Waals surface area contributed by atoms with Crippen LogP contribution in [0.25, 0.3) is 5.69 Å². The number of hydrogen-bond acceptors (Lipinski definition) is 4. The van der Waals surface area contributed by atoms with Crippen molar-refractivity contribution in [2.45, 2.75) is 6.42 Å². The van der Waals surface area contributed by atoms with E-state index < -0.39 is 10.0 Å². The van der Waals surface area contributed by atoms with Crippen molar-refractivity contribution in [3.05, 3.63) is 71.0 Å². The molecule has 1 fully saturated rings. The Balaban J connectivity index is 1.55. The molecule has 28 heavy (non-hydrogen) atoms. The lowest BCUT2D eigenvalue weighted by Crippen LogP contribution is -2.25. The predicted octanol–water partition coefficient (Wildman–Crippen LogP) is 3.43. The molecule has 1 saturated heterocycles. The molecular weight excluding hydrogens is 444 g/mol. The molecule has 0 bridgehead atoms. The van der Waals surface area contributed by atoms with Crippen LogP contribution in [0.15, 0.2) is 65.4 Å². The Kier molecular flexibility index (Phi) is 4.94. The summed E-state index contributed by atoms with van der Waals surface area (Å²) < 4.78 is 28.0. The zero-order chi connectivity index (χ0) is 19.7. The zero-order valence-electron chi connectivity index (χ0n) is 14.7. The quantitative estimate of drug-likeness (QED) is 0.646. The number of sulfonamides is 1. The Morgan fingerprint density at radius 2 is 1.86 bits per heavy atom. The van der Waals surface area contributed by atoms with Gasteiger partial charge in [0.2, 0.25) is 10.0 Å². The molecule has 0 saturated carbocycles. The largest absolute Gasteiger partial charge is 0.320 e. The molecule has 2 aromatic carbocycles. The van der Waals surface area contributed by atoms with Crippen molar-refractivity contribution in [3.8, 4) is 5.69 Å². The fraction of sp³-hybridized carbons (Fsp3) is 0.158. The second-order valence-electron chi connectivity index (χ2n) is 6.36. The first-order valence-electron chi connectivity index (χ1n) is 8.65. The molecule has 0 spiro atoms. The van der Waals surface area contributed by atoms with E-state index in [1.54, 1.807) is 47.4 Å². The van der Waals surface area contributed by atoms with Crippen molar-refractivity contribution in [2.75, 3.05) is 21.9 Å². The van der Waals surface area contributed by atoms with Gasteiger partial charge in [-0.2, -0.15) is 5.10 Å². The number of benzene rings is 2. The molecule has 1 aliphatic rings. The van der Waals surface area contributed by atoms with E-state index in [9.17, 15) is 13.2 Å². The first-order valence-corrected chi connectivity index (χ1v) is 11.1. The minimum Gasteiger partial charge on any atom is -0.320 e. The van der Waals surface area contributed by atoms with E-state index in [0.29, 0.717) is 29.9 Å². The van der Waals surface area contributed by atoms with Gasteiger partial charge in [0.15, 0.2) is 0 Å². The molecule has 3 aromatic rings. The molecule has 1 amide bonds. The number of anilines is 2. The van der Waals surface area contributed by atoms with Gasteiger partial charge in [0, 0.05) is 18.3 Å². The maximum absolute atomic E-state index is 12.7. The number of amides is 1. The van der Waals surface area contributed by atoms with Crippen LogP contribution < -0.4 is 9.62 Å². The fourth-order valence-corrected chi connectivity index (χ4v) is 4.96. The number of nitrogens with zero attached hydrogens (tertiary/aromatic N) is 3. The third-order valence-corrected chi connectivity index (χ3v) is 6.75. The number of rotatable bonds is 4. The molecule has 1 aliphatic heterocycles. The van der Waals surface area contributed by atoms with Crippen LogP contribution in [0.5, 0.6) is 0 Å². The number of para-hydroxylation sites is 2. The summed E-state index contributed by atoms with van der Waals surface area (Å²) in [4.78, 5) is 12.7. The highest BCUT2D eigenvalue weighted by atomic mass is 79.9. The smallest absolute Gasteiger partial charge is 0.255 e. The number of carbonyl (C=O) groups excluding carboxylic acids is 1. The summed E-state index contributed by atoms with van der Waals surface area (Å²) >= 11 is 3.37. The maximum atomic E-state index is 12.7. The summed E-state index contributed by atoms with van der Waals surface area (Å²) in [7, 11) is -3.24. The highest BCUT2D eigenvalue weighted by Crippen LogP contribution is 2.25. The average Bonchev–Trinajstić information content (AvgIpc) is 3.27. The van der Waals surface area contributed by atoms with Crippen LogP contribution in [-0.2, 0) is 10.0 Å². The fourth-order valence-electron chi connectivity index (χ4n) is 3.11. The lowest BCUT2D eigenvalue weighted by atomic mass is 10.1. The van der Waals surface area contributed by atoms with E-state index in [-0.39, 0.29) is 11.7 Å². The van der Waals surface area contributed by atoms with Gasteiger partial charge >= 0.3 is 0 Å². The van der Waals surface area contributed by atoms with Gasteiger partial charge in [0.1, 0.15) is 0 Å². The number of nitrogens with one attached hydrogen (secondary N) is 1. The minimum atomic E-state index is -3.24. The number of aromatic nitrogens is 2. The van der Waals surface area contributed by atoms with Crippen LogP contribution in [0, 0.1) is 0 Å². The van der Waals surface area contributed by atoms with Crippen LogP contribution >= 0.6 is 15.9 Å². The van der Waals surface area contributed by atoms with Crippen molar-refractivity contribution in [1.82, 2.24) is 9.78 Å². The third-order valence-electron chi connectivity index (χ3n) is 4.47. The molecule has 0 radical (unpaired) electrons. The molecule has 7 nitrogen and oxygen atoms in total. The summed E-state index contributed by atoms with van der Waals surface area (Å²) in [6.45, 7) is 0.473. The van der Waals surface area contributed by atoms with Crippen LogP contribution in [0.4, 0.5) is 11.4 Å². The van der Waals surface area contributed by atoms with Crippen molar-refractivity contribution in [2.24, 2.45) is 0 Å². The van der Waals surface area contributed by atoms with E-state index in [2.05, 4.69) is 26.3 Å². The topological polar surface area (TPSA) is 84.3 Å². The Morgan fingerprint density at radius 1 is 1.11 bits per heavy atom. The molecule has 4 rings (SSSR count). The predicted molar refractivity (Wildman–Crippen MR) is 111 cm³/mol. The Bertz CT molecular complexity index is 1130.